The Balaban J connectivity index is 1.45. The van der Waals surface area contributed by atoms with E-state index in [0.29, 0.717) is 30.0 Å². The van der Waals surface area contributed by atoms with Crippen molar-refractivity contribution < 1.29 is 22.7 Å². The number of anilines is 2. The molecular weight excluding hydrogens is 387 g/mol. The molecule has 2 atom stereocenters. The molecule has 2 aliphatic rings. The fourth-order valence-corrected chi connectivity index (χ4v) is 4.42. The summed E-state index contributed by atoms with van der Waals surface area (Å²) in [5, 5.41) is 6.72. The van der Waals surface area contributed by atoms with Crippen molar-refractivity contribution in [3.8, 4) is 0 Å². The fourth-order valence-electron chi connectivity index (χ4n) is 3.23. The van der Waals surface area contributed by atoms with E-state index >= 15 is 0 Å². The number of allylic oxidation sites excluding steroid dienone is 1. The van der Waals surface area contributed by atoms with Gasteiger partial charge in [0.25, 0.3) is 0 Å². The van der Waals surface area contributed by atoms with Gasteiger partial charge in [-0.25, -0.2) is 13.4 Å². The van der Waals surface area contributed by atoms with Crippen LogP contribution < -0.4 is 10.2 Å². The van der Waals surface area contributed by atoms with E-state index in [9.17, 15) is 13.4 Å². The maximum Gasteiger partial charge on any atom is 0.414 e. The SMILES string of the molecule is N=S1(=O)CC=C(c2ccc(N3C[C@H](CNc4ccon4)OC3=O)cc2F)CC1. The molecule has 8 nitrogen and oxygen atoms in total. The smallest absolute Gasteiger partial charge is 0.414 e. The van der Waals surface area contributed by atoms with Crippen LogP contribution in [0.25, 0.3) is 5.57 Å². The number of nitrogens with zero attached hydrogens (tertiary/aromatic N) is 2. The lowest BCUT2D eigenvalue weighted by molar-refractivity contribution is 0.147. The third-order valence-corrected chi connectivity index (χ3v) is 6.30. The molecule has 0 radical (unpaired) electrons. The average Bonchev–Trinajstić information content (AvgIpc) is 3.30. The van der Waals surface area contributed by atoms with Gasteiger partial charge >= 0.3 is 6.09 Å². The minimum absolute atomic E-state index is 0.141. The Hall–Kier alpha value is -2.88. The zero-order chi connectivity index (χ0) is 19.7. The molecule has 2 aliphatic heterocycles. The minimum atomic E-state index is -2.58. The molecule has 1 unspecified atom stereocenters. The predicted molar refractivity (Wildman–Crippen MR) is 102 cm³/mol. The molecule has 0 spiro atoms. The summed E-state index contributed by atoms with van der Waals surface area (Å²) in [4.78, 5) is 13.6. The maximum atomic E-state index is 14.7. The summed E-state index contributed by atoms with van der Waals surface area (Å²) < 4.78 is 44.1. The van der Waals surface area contributed by atoms with Gasteiger partial charge in [-0.2, -0.15) is 0 Å². The first-order valence-corrected chi connectivity index (χ1v) is 10.7. The standard InChI is InChI=1S/C18H19FN4O4S/c19-16-9-13(1-2-15(16)12-4-7-28(20,25)8-5-12)23-11-14(27-18(23)24)10-21-17-3-6-26-22-17/h1-4,6,9,14,20H,5,7-8,10-11H2,(H,21,22)/t14-,28?/m0/s1. The van der Waals surface area contributed by atoms with Crippen LogP contribution in [0, 0.1) is 10.6 Å². The molecule has 1 fully saturated rings. The first kappa shape index (κ1) is 18.5. The quantitative estimate of drug-likeness (QED) is 0.790. The third kappa shape index (κ3) is 3.86. The highest BCUT2D eigenvalue weighted by Crippen LogP contribution is 2.30. The molecule has 10 heteroatoms. The second kappa shape index (κ2) is 7.27. The maximum absolute atomic E-state index is 14.7. The summed E-state index contributed by atoms with van der Waals surface area (Å²) in [6, 6.07) is 6.24. The number of nitrogens with one attached hydrogen (secondary N) is 2. The second-order valence-electron chi connectivity index (χ2n) is 6.71. The van der Waals surface area contributed by atoms with Crippen molar-refractivity contribution in [2.75, 3.05) is 34.8 Å². The van der Waals surface area contributed by atoms with Gasteiger partial charge < -0.3 is 14.6 Å². The third-order valence-electron chi connectivity index (χ3n) is 4.73. The van der Waals surface area contributed by atoms with Crippen LogP contribution in [-0.2, 0) is 14.5 Å². The molecule has 1 aromatic carbocycles. The van der Waals surface area contributed by atoms with Crippen LogP contribution in [0.4, 0.5) is 20.7 Å². The monoisotopic (exact) mass is 406 g/mol. The van der Waals surface area contributed by atoms with Crippen molar-refractivity contribution in [3.05, 3.63) is 48.0 Å². The Bertz CT molecular complexity index is 1020. The molecule has 28 heavy (non-hydrogen) atoms. The molecule has 1 amide bonds. The van der Waals surface area contributed by atoms with Crippen molar-refractivity contribution in [1.82, 2.24) is 5.16 Å². The number of cyclic esters (lactones) is 1. The van der Waals surface area contributed by atoms with Gasteiger partial charge in [-0.3, -0.25) is 9.68 Å². The van der Waals surface area contributed by atoms with Gasteiger partial charge in [0.15, 0.2) is 5.82 Å². The van der Waals surface area contributed by atoms with Crippen LogP contribution in [0.1, 0.15) is 12.0 Å². The molecule has 1 saturated heterocycles. The number of halogens is 1. The number of aromatic nitrogens is 1. The van der Waals surface area contributed by atoms with Gasteiger partial charge in [0.05, 0.1) is 24.5 Å². The largest absolute Gasteiger partial charge is 0.442 e. The summed E-state index contributed by atoms with van der Waals surface area (Å²) in [7, 11) is -2.58. The van der Waals surface area contributed by atoms with E-state index in [1.54, 1.807) is 24.3 Å². The number of hydrogen-bond donors (Lipinski definition) is 2. The summed E-state index contributed by atoms with van der Waals surface area (Å²) in [6.45, 7) is 0.640. The van der Waals surface area contributed by atoms with Crippen LogP contribution in [0.5, 0.6) is 0 Å². The first-order chi connectivity index (χ1) is 13.4. The number of carbonyl (C=O) groups excluding carboxylic acids is 1. The zero-order valence-corrected chi connectivity index (χ0v) is 15.7. The second-order valence-corrected chi connectivity index (χ2v) is 9.07. The van der Waals surface area contributed by atoms with Gasteiger partial charge in [0.1, 0.15) is 18.2 Å². The lowest BCUT2D eigenvalue weighted by Crippen LogP contribution is -2.27. The minimum Gasteiger partial charge on any atom is -0.442 e. The zero-order valence-electron chi connectivity index (χ0n) is 14.9. The van der Waals surface area contributed by atoms with Crippen molar-refractivity contribution in [2.45, 2.75) is 12.5 Å². The van der Waals surface area contributed by atoms with Crippen molar-refractivity contribution in [2.24, 2.45) is 0 Å². The number of amides is 1. The Morgan fingerprint density at radius 3 is 2.93 bits per heavy atom. The number of hydrogen-bond acceptors (Lipinski definition) is 7. The Morgan fingerprint density at radius 2 is 2.25 bits per heavy atom. The molecule has 148 valence electrons. The Morgan fingerprint density at radius 1 is 1.39 bits per heavy atom. The van der Waals surface area contributed by atoms with Crippen LogP contribution in [0.3, 0.4) is 0 Å². The van der Waals surface area contributed by atoms with E-state index in [-0.39, 0.29) is 18.1 Å². The molecule has 2 N–H and O–H groups in total. The fraction of sp³-hybridized carbons (Fsp3) is 0.333. The van der Waals surface area contributed by atoms with Gasteiger partial charge in [0.2, 0.25) is 0 Å². The highest BCUT2D eigenvalue weighted by Gasteiger charge is 2.32. The van der Waals surface area contributed by atoms with Gasteiger partial charge in [0, 0.05) is 27.1 Å². The number of benzene rings is 1. The number of rotatable bonds is 5. The highest BCUT2D eigenvalue weighted by atomic mass is 32.2. The lowest BCUT2D eigenvalue weighted by Gasteiger charge is -2.18. The number of ether oxygens (including phenoxy) is 1. The first-order valence-electron chi connectivity index (χ1n) is 8.77. The molecule has 4 rings (SSSR count). The van der Waals surface area contributed by atoms with E-state index in [0.717, 1.165) is 5.57 Å². The van der Waals surface area contributed by atoms with Gasteiger partial charge in [-0.15, -0.1) is 0 Å². The van der Waals surface area contributed by atoms with Crippen molar-refractivity contribution in [1.29, 1.82) is 4.78 Å². The Labute approximate surface area is 161 Å². The number of carbonyl (C=O) groups is 1. The molecule has 0 bridgehead atoms. The van der Waals surface area contributed by atoms with Crippen LogP contribution in [-0.4, -0.2) is 46.2 Å². The lowest BCUT2D eigenvalue weighted by atomic mass is 10.0. The highest BCUT2D eigenvalue weighted by molar-refractivity contribution is 7.92. The van der Waals surface area contributed by atoms with Crippen LogP contribution in [0.2, 0.25) is 0 Å². The molecule has 0 aliphatic carbocycles. The summed E-state index contributed by atoms with van der Waals surface area (Å²) in [5.41, 5.74) is 1.57. The molecular formula is C18H19FN4O4S. The van der Waals surface area contributed by atoms with Gasteiger partial charge in [-0.1, -0.05) is 11.2 Å². The van der Waals surface area contributed by atoms with E-state index in [4.69, 9.17) is 14.0 Å². The van der Waals surface area contributed by atoms with Crippen LogP contribution in [0.15, 0.2) is 41.1 Å². The van der Waals surface area contributed by atoms with E-state index in [2.05, 4.69) is 10.5 Å². The predicted octanol–water partition coefficient (Wildman–Crippen LogP) is 3.08. The van der Waals surface area contributed by atoms with Crippen molar-refractivity contribution >= 4 is 32.9 Å². The molecule has 1 aromatic heterocycles. The Kier molecular flexibility index (Phi) is 4.80. The van der Waals surface area contributed by atoms with Crippen LogP contribution >= 0.6 is 0 Å². The van der Waals surface area contributed by atoms with Gasteiger partial charge in [-0.05, 0) is 30.2 Å². The molecule has 3 heterocycles. The van der Waals surface area contributed by atoms with E-state index in [1.807, 2.05) is 0 Å². The van der Waals surface area contributed by atoms with E-state index in [1.165, 1.54) is 17.2 Å². The average molecular weight is 406 g/mol. The van der Waals surface area contributed by atoms with E-state index < -0.39 is 27.7 Å². The summed E-state index contributed by atoms with van der Waals surface area (Å²) in [6.07, 6.45) is 2.57. The summed E-state index contributed by atoms with van der Waals surface area (Å²) in [5.74, 6) is 0.460. The topological polar surface area (TPSA) is 109 Å². The summed E-state index contributed by atoms with van der Waals surface area (Å²) >= 11 is 0. The molecule has 2 aromatic rings. The normalized spacial score (nSPS) is 24.8. The van der Waals surface area contributed by atoms with Crippen molar-refractivity contribution in [3.63, 3.8) is 0 Å². The molecule has 0 saturated carbocycles.